The van der Waals surface area contributed by atoms with E-state index in [0.29, 0.717) is 11.0 Å². The maximum Gasteiger partial charge on any atom is 0.260 e. The Hall–Kier alpha value is -1.58. The van der Waals surface area contributed by atoms with Gasteiger partial charge >= 0.3 is 0 Å². The summed E-state index contributed by atoms with van der Waals surface area (Å²) < 4.78 is 4.73. The second kappa shape index (κ2) is 1.70. The number of aromatic nitrogens is 2. The largest absolute Gasteiger partial charge is 0.356 e. The summed E-state index contributed by atoms with van der Waals surface area (Å²) in [4.78, 5) is 13.4. The van der Waals surface area contributed by atoms with Crippen molar-refractivity contribution in [3.05, 3.63) is 28.8 Å². The van der Waals surface area contributed by atoms with Gasteiger partial charge in [0.15, 0.2) is 5.58 Å². The van der Waals surface area contributed by atoms with Crippen molar-refractivity contribution in [2.45, 2.75) is 0 Å². The van der Waals surface area contributed by atoms with E-state index in [1.165, 1.54) is 12.4 Å². The first kappa shape index (κ1) is 5.22. The Morgan fingerprint density at radius 1 is 1.60 bits per heavy atom. The average Bonchev–Trinajstić information content (AvgIpc) is 2.36. The second-order valence-corrected chi connectivity index (χ2v) is 1.91. The Morgan fingerprint density at radius 2 is 2.50 bits per heavy atom. The molecule has 0 aliphatic rings. The maximum absolute atomic E-state index is 10.9. The minimum Gasteiger partial charge on any atom is -0.356 e. The summed E-state index contributed by atoms with van der Waals surface area (Å²) in [5, 5.41) is 3.96. The number of nitrogens with zero attached hydrogens (tertiary/aromatic N) is 1. The molecule has 2 aromatic rings. The fraction of sp³-hybridized carbons (Fsp3) is 0. The quantitative estimate of drug-likeness (QED) is 0.574. The van der Waals surface area contributed by atoms with Gasteiger partial charge in [0.2, 0.25) is 0 Å². The van der Waals surface area contributed by atoms with Crippen LogP contribution in [0.2, 0.25) is 0 Å². The van der Waals surface area contributed by atoms with Crippen molar-refractivity contribution in [1.29, 1.82) is 0 Å². The van der Waals surface area contributed by atoms with Crippen LogP contribution in [0.1, 0.15) is 0 Å². The zero-order chi connectivity index (χ0) is 6.97. The van der Waals surface area contributed by atoms with Crippen LogP contribution in [0.15, 0.2) is 27.8 Å². The Bertz CT molecular complexity index is 401. The molecule has 10 heavy (non-hydrogen) atoms. The second-order valence-electron chi connectivity index (χ2n) is 1.91. The molecular formula is C6H4N2O2. The Balaban J connectivity index is 3.09. The van der Waals surface area contributed by atoms with Crippen molar-refractivity contribution in [3.63, 3.8) is 0 Å². The number of pyridine rings is 1. The third-order valence-corrected chi connectivity index (χ3v) is 1.29. The van der Waals surface area contributed by atoms with Gasteiger partial charge in [-0.2, -0.15) is 0 Å². The number of aromatic amines is 1. The number of nitrogens with one attached hydrogen (secondary N) is 1. The van der Waals surface area contributed by atoms with E-state index in [2.05, 4.69) is 10.1 Å². The zero-order valence-electron chi connectivity index (χ0n) is 5.00. The van der Waals surface area contributed by atoms with Gasteiger partial charge in [0.1, 0.15) is 5.39 Å². The van der Waals surface area contributed by atoms with Crippen LogP contribution >= 0.6 is 0 Å². The van der Waals surface area contributed by atoms with Gasteiger partial charge in [-0.15, -0.1) is 0 Å². The summed E-state index contributed by atoms with van der Waals surface area (Å²) in [7, 11) is 0. The van der Waals surface area contributed by atoms with Gasteiger partial charge in [-0.05, 0) is 0 Å². The fourth-order valence-corrected chi connectivity index (χ4v) is 0.810. The lowest BCUT2D eigenvalue weighted by Crippen LogP contribution is -2.01. The Kier molecular flexibility index (Phi) is 0.887. The summed E-state index contributed by atoms with van der Waals surface area (Å²) in [5.74, 6) is 0. The molecule has 0 amide bonds. The minimum atomic E-state index is -0.168. The SMILES string of the molecule is O=c1[nH]ccc2oncc12. The van der Waals surface area contributed by atoms with Crippen LogP contribution in [0.25, 0.3) is 11.0 Å². The highest BCUT2D eigenvalue weighted by molar-refractivity contribution is 5.73. The highest BCUT2D eigenvalue weighted by Crippen LogP contribution is 2.04. The van der Waals surface area contributed by atoms with E-state index in [4.69, 9.17) is 4.52 Å². The number of rotatable bonds is 0. The van der Waals surface area contributed by atoms with Crippen molar-refractivity contribution in [1.82, 2.24) is 10.1 Å². The van der Waals surface area contributed by atoms with Crippen molar-refractivity contribution in [2.75, 3.05) is 0 Å². The molecule has 2 heterocycles. The highest BCUT2D eigenvalue weighted by Gasteiger charge is 1.98. The van der Waals surface area contributed by atoms with Crippen LogP contribution in [0.5, 0.6) is 0 Å². The lowest BCUT2D eigenvalue weighted by Gasteiger charge is -1.80. The Morgan fingerprint density at radius 3 is 3.30 bits per heavy atom. The molecular weight excluding hydrogens is 132 g/mol. The van der Waals surface area contributed by atoms with Gasteiger partial charge in [0, 0.05) is 12.3 Å². The monoisotopic (exact) mass is 136 g/mol. The van der Waals surface area contributed by atoms with Gasteiger partial charge in [-0.1, -0.05) is 5.16 Å². The molecule has 0 fully saturated rings. The highest BCUT2D eigenvalue weighted by atomic mass is 16.5. The minimum absolute atomic E-state index is 0.168. The van der Waals surface area contributed by atoms with Crippen molar-refractivity contribution >= 4 is 11.0 Å². The summed E-state index contributed by atoms with van der Waals surface area (Å²) in [5.41, 5.74) is 0.350. The summed E-state index contributed by atoms with van der Waals surface area (Å²) >= 11 is 0. The van der Waals surface area contributed by atoms with E-state index >= 15 is 0 Å². The van der Waals surface area contributed by atoms with E-state index in [0.717, 1.165) is 0 Å². The molecule has 4 heteroatoms. The van der Waals surface area contributed by atoms with E-state index < -0.39 is 0 Å². The average molecular weight is 136 g/mol. The van der Waals surface area contributed by atoms with Crippen LogP contribution in [-0.2, 0) is 0 Å². The van der Waals surface area contributed by atoms with Crippen molar-refractivity contribution < 1.29 is 4.52 Å². The fourth-order valence-electron chi connectivity index (χ4n) is 0.810. The summed E-state index contributed by atoms with van der Waals surface area (Å²) in [6.45, 7) is 0. The van der Waals surface area contributed by atoms with Crippen molar-refractivity contribution in [2.24, 2.45) is 0 Å². The summed E-state index contributed by atoms with van der Waals surface area (Å²) in [6, 6.07) is 1.66. The van der Waals surface area contributed by atoms with E-state index in [9.17, 15) is 4.79 Å². The number of fused-ring (bicyclic) bond motifs is 1. The number of hydrogen-bond acceptors (Lipinski definition) is 3. The molecule has 2 rings (SSSR count). The molecule has 0 aliphatic carbocycles. The van der Waals surface area contributed by atoms with E-state index in [1.54, 1.807) is 6.07 Å². The first-order valence-electron chi connectivity index (χ1n) is 2.80. The van der Waals surface area contributed by atoms with E-state index in [-0.39, 0.29) is 5.56 Å². The van der Waals surface area contributed by atoms with Crippen LogP contribution in [0.3, 0.4) is 0 Å². The molecule has 0 unspecified atom stereocenters. The number of hydrogen-bond donors (Lipinski definition) is 1. The van der Waals surface area contributed by atoms with Gasteiger partial charge in [0.05, 0.1) is 6.20 Å². The summed E-state index contributed by atoms with van der Waals surface area (Å²) in [6.07, 6.45) is 2.92. The predicted molar refractivity (Wildman–Crippen MR) is 34.6 cm³/mol. The predicted octanol–water partition coefficient (Wildman–Crippen LogP) is 0.516. The van der Waals surface area contributed by atoms with E-state index in [1.807, 2.05) is 0 Å². The van der Waals surface area contributed by atoms with Crippen LogP contribution in [0, 0.1) is 0 Å². The molecule has 1 N–H and O–H groups in total. The van der Waals surface area contributed by atoms with Crippen molar-refractivity contribution in [3.8, 4) is 0 Å². The molecule has 4 nitrogen and oxygen atoms in total. The molecule has 0 saturated carbocycles. The maximum atomic E-state index is 10.9. The molecule has 0 saturated heterocycles. The number of H-pyrrole nitrogens is 1. The van der Waals surface area contributed by atoms with Gasteiger partial charge < -0.3 is 9.51 Å². The molecule has 0 aliphatic heterocycles. The molecule has 0 aromatic carbocycles. The third kappa shape index (κ3) is 0.556. The topological polar surface area (TPSA) is 58.9 Å². The van der Waals surface area contributed by atoms with Gasteiger partial charge in [-0.25, -0.2) is 0 Å². The molecule has 0 spiro atoms. The smallest absolute Gasteiger partial charge is 0.260 e. The molecule has 0 atom stereocenters. The lowest BCUT2D eigenvalue weighted by atomic mass is 10.4. The Labute approximate surface area is 55.5 Å². The standard InChI is InChI=1S/C6H4N2O2/c9-6-4-3-8-10-5(4)1-2-7-6/h1-3H,(H,7,9). The molecule has 50 valence electrons. The third-order valence-electron chi connectivity index (χ3n) is 1.29. The van der Waals surface area contributed by atoms with Crippen LogP contribution < -0.4 is 5.56 Å². The molecule has 0 radical (unpaired) electrons. The van der Waals surface area contributed by atoms with Gasteiger partial charge in [-0.3, -0.25) is 4.79 Å². The molecule has 0 bridgehead atoms. The van der Waals surface area contributed by atoms with Crippen LogP contribution in [0.4, 0.5) is 0 Å². The zero-order valence-corrected chi connectivity index (χ0v) is 5.00. The lowest BCUT2D eigenvalue weighted by molar-refractivity contribution is 0.456. The molecule has 2 aromatic heterocycles. The normalized spacial score (nSPS) is 10.4. The first-order chi connectivity index (χ1) is 4.88. The first-order valence-corrected chi connectivity index (χ1v) is 2.80. The van der Waals surface area contributed by atoms with Crippen LogP contribution in [-0.4, -0.2) is 10.1 Å². The van der Waals surface area contributed by atoms with Gasteiger partial charge in [0.25, 0.3) is 5.56 Å².